The number of carbonyl (C=O) groups excluding carboxylic acids is 1. The molecule has 0 aliphatic rings. The Labute approximate surface area is 135 Å². The molecule has 1 unspecified atom stereocenters. The number of ether oxygens (including phenoxy) is 1. The molecule has 23 heavy (non-hydrogen) atoms. The normalized spacial score (nSPS) is 14.0. The van der Waals surface area contributed by atoms with Gasteiger partial charge in [-0.3, -0.25) is 0 Å². The van der Waals surface area contributed by atoms with Crippen LogP contribution in [0.3, 0.4) is 0 Å². The Kier molecular flexibility index (Phi) is 5.98. The zero-order chi connectivity index (χ0) is 17.8. The molecular formula is C16H24N2O5. The van der Waals surface area contributed by atoms with Crippen LogP contribution in [0.2, 0.25) is 0 Å². The Morgan fingerprint density at radius 2 is 1.96 bits per heavy atom. The van der Waals surface area contributed by atoms with Crippen molar-refractivity contribution in [3.05, 3.63) is 29.3 Å². The van der Waals surface area contributed by atoms with Crippen molar-refractivity contribution in [2.24, 2.45) is 0 Å². The number of aliphatic carboxylic acids is 1. The van der Waals surface area contributed by atoms with E-state index in [4.69, 9.17) is 15.6 Å². The van der Waals surface area contributed by atoms with Gasteiger partial charge in [0.2, 0.25) is 0 Å². The molecule has 2 atom stereocenters. The molecule has 0 saturated carbocycles. The molecule has 1 amide bonds. The van der Waals surface area contributed by atoms with Crippen molar-refractivity contribution in [3.8, 4) is 0 Å². The number of aliphatic hydroxyl groups excluding tert-OH is 1. The molecule has 128 valence electrons. The van der Waals surface area contributed by atoms with Crippen molar-refractivity contribution in [1.82, 2.24) is 5.32 Å². The summed E-state index contributed by atoms with van der Waals surface area (Å²) in [4.78, 5) is 23.0. The van der Waals surface area contributed by atoms with Crippen LogP contribution in [0.15, 0.2) is 18.2 Å². The molecule has 1 aromatic rings. The highest BCUT2D eigenvalue weighted by Gasteiger charge is 2.29. The number of nitrogen functional groups attached to an aromatic ring is 1. The lowest BCUT2D eigenvalue weighted by atomic mass is 9.97. The van der Waals surface area contributed by atoms with Crippen molar-refractivity contribution in [2.45, 2.75) is 51.9 Å². The molecular weight excluding hydrogens is 300 g/mol. The number of carboxylic acid groups (broad SMARTS) is 1. The fourth-order valence-corrected chi connectivity index (χ4v) is 2.02. The summed E-state index contributed by atoms with van der Waals surface area (Å²) >= 11 is 0. The van der Waals surface area contributed by atoms with Crippen molar-refractivity contribution in [1.29, 1.82) is 0 Å². The average Bonchev–Trinajstić information content (AvgIpc) is 2.39. The summed E-state index contributed by atoms with van der Waals surface area (Å²) in [6.45, 7) is 6.91. The Bertz CT molecular complexity index is 580. The number of rotatable bonds is 5. The lowest BCUT2D eigenvalue weighted by molar-refractivity contribution is -0.148. The molecule has 0 bridgehead atoms. The van der Waals surface area contributed by atoms with Gasteiger partial charge in [0.15, 0.2) is 6.10 Å². The SMILES string of the molecule is Cc1ccc(N)cc1C[C@H](NC(=O)OC(C)(C)C)C(O)C(=O)O. The highest BCUT2D eigenvalue weighted by molar-refractivity contribution is 5.75. The number of hydrogen-bond acceptors (Lipinski definition) is 5. The van der Waals surface area contributed by atoms with Gasteiger partial charge in [-0.1, -0.05) is 6.07 Å². The summed E-state index contributed by atoms with van der Waals surface area (Å²) in [5.74, 6) is -1.42. The van der Waals surface area contributed by atoms with E-state index in [1.54, 1.807) is 39.0 Å². The maximum atomic E-state index is 11.9. The van der Waals surface area contributed by atoms with E-state index in [0.29, 0.717) is 5.69 Å². The second-order valence-corrected chi connectivity index (χ2v) is 6.43. The van der Waals surface area contributed by atoms with Gasteiger partial charge in [0.05, 0.1) is 6.04 Å². The molecule has 0 spiro atoms. The van der Waals surface area contributed by atoms with Crippen molar-refractivity contribution in [3.63, 3.8) is 0 Å². The topological polar surface area (TPSA) is 122 Å². The summed E-state index contributed by atoms with van der Waals surface area (Å²) in [6.07, 6.45) is -2.43. The largest absolute Gasteiger partial charge is 0.479 e. The Morgan fingerprint density at radius 3 is 2.48 bits per heavy atom. The minimum atomic E-state index is -1.76. The number of amides is 1. The maximum Gasteiger partial charge on any atom is 0.407 e. The first-order chi connectivity index (χ1) is 10.5. The van der Waals surface area contributed by atoms with E-state index in [1.807, 2.05) is 6.92 Å². The molecule has 0 radical (unpaired) electrons. The molecule has 0 heterocycles. The van der Waals surface area contributed by atoms with Crippen LogP contribution in [0.5, 0.6) is 0 Å². The number of alkyl carbamates (subject to hydrolysis) is 1. The molecule has 7 heteroatoms. The Balaban J connectivity index is 2.95. The number of benzene rings is 1. The van der Waals surface area contributed by atoms with Gasteiger partial charge in [0.1, 0.15) is 5.60 Å². The summed E-state index contributed by atoms with van der Waals surface area (Å²) < 4.78 is 5.11. The molecule has 1 rings (SSSR count). The minimum absolute atomic E-state index is 0.115. The number of carbonyl (C=O) groups is 2. The molecule has 0 aromatic heterocycles. The van der Waals surface area contributed by atoms with E-state index >= 15 is 0 Å². The molecule has 7 nitrogen and oxygen atoms in total. The van der Waals surface area contributed by atoms with Crippen LogP contribution in [-0.2, 0) is 16.0 Å². The predicted molar refractivity (Wildman–Crippen MR) is 86.1 cm³/mol. The highest BCUT2D eigenvalue weighted by atomic mass is 16.6. The third-order valence-electron chi connectivity index (χ3n) is 3.15. The second kappa shape index (κ2) is 7.32. The number of aliphatic hydroxyl groups is 1. The first-order valence-corrected chi connectivity index (χ1v) is 7.25. The van der Waals surface area contributed by atoms with Crippen LogP contribution in [0.1, 0.15) is 31.9 Å². The van der Waals surface area contributed by atoms with Crippen molar-refractivity contribution < 1.29 is 24.5 Å². The van der Waals surface area contributed by atoms with Gasteiger partial charge in [-0.25, -0.2) is 9.59 Å². The summed E-state index contributed by atoms with van der Waals surface area (Å²) in [6, 6.07) is 4.17. The lowest BCUT2D eigenvalue weighted by Gasteiger charge is -2.25. The fraction of sp³-hybridized carbons (Fsp3) is 0.500. The summed E-state index contributed by atoms with van der Waals surface area (Å²) in [5.41, 5.74) is 7.15. The third-order valence-corrected chi connectivity index (χ3v) is 3.15. The van der Waals surface area contributed by atoms with E-state index in [2.05, 4.69) is 5.32 Å². The summed E-state index contributed by atoms with van der Waals surface area (Å²) in [5, 5.41) is 21.3. The lowest BCUT2D eigenvalue weighted by Crippen LogP contribution is -2.49. The number of anilines is 1. The van der Waals surface area contributed by atoms with Gasteiger partial charge in [-0.15, -0.1) is 0 Å². The first-order valence-electron chi connectivity index (χ1n) is 7.25. The smallest absolute Gasteiger partial charge is 0.407 e. The van der Waals surface area contributed by atoms with E-state index in [0.717, 1.165) is 11.1 Å². The third kappa shape index (κ3) is 6.15. The van der Waals surface area contributed by atoms with Crippen LogP contribution in [-0.4, -0.2) is 40.0 Å². The standard InChI is InChI=1S/C16H24N2O5/c1-9-5-6-11(17)7-10(9)8-12(13(19)14(20)21)18-15(22)23-16(2,3)4/h5-7,12-13,19H,8,17H2,1-4H3,(H,18,22)(H,20,21)/t12-,13?/m0/s1. The van der Waals surface area contributed by atoms with E-state index < -0.39 is 29.8 Å². The Morgan fingerprint density at radius 1 is 1.35 bits per heavy atom. The molecule has 1 aromatic carbocycles. The molecule has 0 fully saturated rings. The van der Waals surface area contributed by atoms with E-state index in [9.17, 15) is 14.7 Å². The number of hydrogen-bond donors (Lipinski definition) is 4. The van der Waals surface area contributed by atoms with Crippen LogP contribution in [0, 0.1) is 6.92 Å². The van der Waals surface area contributed by atoms with Crippen LogP contribution in [0.4, 0.5) is 10.5 Å². The first kappa shape index (κ1) is 18.8. The quantitative estimate of drug-likeness (QED) is 0.608. The van der Waals surface area contributed by atoms with Gasteiger partial charge >= 0.3 is 12.1 Å². The van der Waals surface area contributed by atoms with Crippen LogP contribution < -0.4 is 11.1 Å². The molecule has 0 aliphatic carbocycles. The molecule has 5 N–H and O–H groups in total. The van der Waals surface area contributed by atoms with Gasteiger partial charge in [0.25, 0.3) is 0 Å². The fourth-order valence-electron chi connectivity index (χ4n) is 2.02. The van der Waals surface area contributed by atoms with Gasteiger partial charge in [0, 0.05) is 5.69 Å². The van der Waals surface area contributed by atoms with E-state index in [1.165, 1.54) is 0 Å². The molecule has 0 aliphatic heterocycles. The van der Waals surface area contributed by atoms with Crippen LogP contribution in [0.25, 0.3) is 0 Å². The van der Waals surface area contributed by atoms with Gasteiger partial charge < -0.3 is 26.0 Å². The number of carboxylic acids is 1. The maximum absolute atomic E-state index is 11.9. The van der Waals surface area contributed by atoms with Crippen molar-refractivity contribution >= 4 is 17.7 Å². The monoisotopic (exact) mass is 324 g/mol. The van der Waals surface area contributed by atoms with Crippen LogP contribution >= 0.6 is 0 Å². The van der Waals surface area contributed by atoms with Crippen molar-refractivity contribution in [2.75, 3.05) is 5.73 Å². The number of aryl methyl sites for hydroxylation is 1. The highest BCUT2D eigenvalue weighted by Crippen LogP contribution is 2.16. The predicted octanol–water partition coefficient (Wildman–Crippen LogP) is 1.46. The second-order valence-electron chi connectivity index (χ2n) is 6.43. The number of nitrogens with two attached hydrogens (primary N) is 1. The van der Waals surface area contributed by atoms with Gasteiger partial charge in [-0.2, -0.15) is 0 Å². The van der Waals surface area contributed by atoms with E-state index in [-0.39, 0.29) is 6.42 Å². The average molecular weight is 324 g/mol. The summed E-state index contributed by atoms with van der Waals surface area (Å²) in [7, 11) is 0. The minimum Gasteiger partial charge on any atom is -0.479 e. The number of nitrogens with one attached hydrogen (secondary N) is 1. The van der Waals surface area contributed by atoms with Gasteiger partial charge in [-0.05, 0) is 57.4 Å². The Hall–Kier alpha value is -2.28. The zero-order valence-corrected chi connectivity index (χ0v) is 13.8. The zero-order valence-electron chi connectivity index (χ0n) is 13.8. The molecule has 0 saturated heterocycles.